The van der Waals surface area contributed by atoms with Gasteiger partial charge in [0.15, 0.2) is 17.4 Å². The van der Waals surface area contributed by atoms with Crippen molar-refractivity contribution in [2.45, 2.75) is 20.8 Å². The standard InChI is InChI=1S/C27H23N5O3/c1-4-35-20-8-5-17(6-9-20)26-30-25-13-22(16(3)34)21(15(2)33)12-23(25)27(31-26)29-19-7-10-24-18(11-19)14-28-32-24/h5-14H,4H2,1-3H3,(H,28,32)(H,29,30,31). The second-order valence-corrected chi connectivity index (χ2v) is 8.18. The lowest BCUT2D eigenvalue weighted by Crippen LogP contribution is -2.07. The second-order valence-electron chi connectivity index (χ2n) is 8.18. The number of aromatic amines is 1. The molecule has 0 aliphatic heterocycles. The van der Waals surface area contributed by atoms with Crippen molar-refractivity contribution in [2.75, 3.05) is 11.9 Å². The van der Waals surface area contributed by atoms with Gasteiger partial charge in [-0.15, -0.1) is 0 Å². The summed E-state index contributed by atoms with van der Waals surface area (Å²) in [7, 11) is 0. The monoisotopic (exact) mass is 465 g/mol. The molecule has 5 aromatic rings. The van der Waals surface area contributed by atoms with E-state index in [-0.39, 0.29) is 11.6 Å². The van der Waals surface area contributed by atoms with Gasteiger partial charge >= 0.3 is 0 Å². The SMILES string of the molecule is CCOc1ccc(-c2nc(Nc3ccc4[nH]ncc4c3)c3cc(C(C)=O)c(C(C)=O)cc3n2)cc1. The fourth-order valence-electron chi connectivity index (χ4n) is 4.01. The molecular formula is C27H23N5O3. The number of anilines is 2. The molecule has 2 N–H and O–H groups in total. The zero-order chi connectivity index (χ0) is 24.5. The maximum atomic E-state index is 12.3. The van der Waals surface area contributed by atoms with Crippen LogP contribution in [0.15, 0.2) is 60.8 Å². The molecule has 2 heterocycles. The van der Waals surface area contributed by atoms with E-state index in [0.29, 0.717) is 40.3 Å². The fraction of sp³-hybridized carbons (Fsp3) is 0.148. The van der Waals surface area contributed by atoms with Crippen LogP contribution in [0.3, 0.4) is 0 Å². The molecule has 3 aromatic carbocycles. The quantitative estimate of drug-likeness (QED) is 0.296. The van der Waals surface area contributed by atoms with Crippen LogP contribution < -0.4 is 10.1 Å². The summed E-state index contributed by atoms with van der Waals surface area (Å²) in [5, 5.41) is 12.0. The number of Topliss-reactive ketones (excluding diaryl/α,β-unsaturated/α-hetero) is 2. The summed E-state index contributed by atoms with van der Waals surface area (Å²) in [6.07, 6.45) is 1.75. The van der Waals surface area contributed by atoms with Gasteiger partial charge in [-0.05, 0) is 75.4 Å². The van der Waals surface area contributed by atoms with Crippen molar-refractivity contribution < 1.29 is 14.3 Å². The van der Waals surface area contributed by atoms with Crippen molar-refractivity contribution in [1.82, 2.24) is 20.2 Å². The topological polar surface area (TPSA) is 110 Å². The van der Waals surface area contributed by atoms with E-state index in [4.69, 9.17) is 14.7 Å². The minimum Gasteiger partial charge on any atom is -0.494 e. The second kappa shape index (κ2) is 8.98. The van der Waals surface area contributed by atoms with Gasteiger partial charge in [-0.25, -0.2) is 9.97 Å². The van der Waals surface area contributed by atoms with Crippen LogP contribution in [0.2, 0.25) is 0 Å². The highest BCUT2D eigenvalue weighted by Crippen LogP contribution is 2.31. The number of hydrogen-bond acceptors (Lipinski definition) is 7. The van der Waals surface area contributed by atoms with Crippen molar-refractivity contribution >= 4 is 44.9 Å². The molecule has 0 radical (unpaired) electrons. The van der Waals surface area contributed by atoms with Gasteiger partial charge in [0.1, 0.15) is 11.6 Å². The van der Waals surface area contributed by atoms with E-state index < -0.39 is 0 Å². The normalized spacial score (nSPS) is 11.1. The summed E-state index contributed by atoms with van der Waals surface area (Å²) in [4.78, 5) is 34.2. The van der Waals surface area contributed by atoms with Crippen LogP contribution in [-0.2, 0) is 0 Å². The van der Waals surface area contributed by atoms with E-state index in [1.807, 2.05) is 49.4 Å². The maximum Gasteiger partial charge on any atom is 0.162 e. The van der Waals surface area contributed by atoms with Gasteiger partial charge in [0.2, 0.25) is 0 Å². The van der Waals surface area contributed by atoms with Crippen LogP contribution in [0.1, 0.15) is 41.5 Å². The molecule has 8 heteroatoms. The van der Waals surface area contributed by atoms with Gasteiger partial charge in [0, 0.05) is 33.2 Å². The van der Waals surface area contributed by atoms with Crippen molar-refractivity contribution in [3.63, 3.8) is 0 Å². The summed E-state index contributed by atoms with van der Waals surface area (Å²) in [5.74, 6) is 1.38. The predicted octanol–water partition coefficient (Wildman–Crippen LogP) is 5.72. The Kier molecular flexibility index (Phi) is 5.70. The third-order valence-corrected chi connectivity index (χ3v) is 5.72. The third kappa shape index (κ3) is 4.33. The first-order valence-corrected chi connectivity index (χ1v) is 11.2. The van der Waals surface area contributed by atoms with Crippen LogP contribution in [0.4, 0.5) is 11.5 Å². The summed E-state index contributed by atoms with van der Waals surface area (Å²) in [6, 6.07) is 16.7. The van der Waals surface area contributed by atoms with Crippen LogP contribution >= 0.6 is 0 Å². The number of H-pyrrole nitrogens is 1. The van der Waals surface area contributed by atoms with Crippen LogP contribution in [0, 0.1) is 0 Å². The Morgan fingerprint density at radius 2 is 1.69 bits per heavy atom. The summed E-state index contributed by atoms with van der Waals surface area (Å²) in [6.45, 7) is 5.40. The highest BCUT2D eigenvalue weighted by Gasteiger charge is 2.18. The number of ketones is 2. The fourth-order valence-corrected chi connectivity index (χ4v) is 4.01. The van der Waals surface area contributed by atoms with E-state index >= 15 is 0 Å². The molecule has 2 aromatic heterocycles. The largest absolute Gasteiger partial charge is 0.494 e. The molecule has 35 heavy (non-hydrogen) atoms. The number of aromatic nitrogens is 4. The summed E-state index contributed by atoms with van der Waals surface area (Å²) >= 11 is 0. The van der Waals surface area contributed by atoms with E-state index in [9.17, 15) is 9.59 Å². The number of fused-ring (bicyclic) bond motifs is 2. The number of carbonyl (C=O) groups is 2. The first-order chi connectivity index (χ1) is 16.9. The number of rotatable bonds is 7. The van der Waals surface area contributed by atoms with Crippen LogP contribution in [0.25, 0.3) is 33.2 Å². The smallest absolute Gasteiger partial charge is 0.162 e. The zero-order valence-corrected chi connectivity index (χ0v) is 19.5. The van der Waals surface area contributed by atoms with Crippen molar-refractivity contribution in [2.24, 2.45) is 0 Å². The van der Waals surface area contributed by atoms with Crippen molar-refractivity contribution in [3.05, 3.63) is 71.9 Å². The number of carbonyl (C=O) groups excluding carboxylic acids is 2. The lowest BCUT2D eigenvalue weighted by Gasteiger charge is -2.14. The van der Waals surface area contributed by atoms with Gasteiger partial charge < -0.3 is 10.1 Å². The average Bonchev–Trinajstić information content (AvgIpc) is 3.31. The predicted molar refractivity (Wildman–Crippen MR) is 136 cm³/mol. The van der Waals surface area contributed by atoms with Crippen LogP contribution in [0.5, 0.6) is 5.75 Å². The molecule has 0 aliphatic carbocycles. The Morgan fingerprint density at radius 1 is 0.943 bits per heavy atom. The number of ether oxygens (including phenoxy) is 1. The Labute approximate surface area is 201 Å². The number of benzene rings is 3. The molecule has 0 aliphatic rings. The van der Waals surface area contributed by atoms with Crippen molar-refractivity contribution in [1.29, 1.82) is 0 Å². The molecule has 0 amide bonds. The number of nitrogens with one attached hydrogen (secondary N) is 2. The Bertz CT molecular complexity index is 1590. The lowest BCUT2D eigenvalue weighted by molar-refractivity contribution is 0.0981. The molecule has 0 atom stereocenters. The molecule has 174 valence electrons. The van der Waals surface area contributed by atoms with E-state index in [2.05, 4.69) is 15.5 Å². The molecule has 0 fully saturated rings. The molecule has 0 saturated carbocycles. The van der Waals surface area contributed by atoms with Gasteiger partial charge in [0.05, 0.1) is 23.8 Å². The van der Waals surface area contributed by atoms with Gasteiger partial charge in [-0.1, -0.05) is 0 Å². The zero-order valence-electron chi connectivity index (χ0n) is 19.5. The van der Waals surface area contributed by atoms with Gasteiger partial charge in [0.25, 0.3) is 0 Å². The van der Waals surface area contributed by atoms with Crippen LogP contribution in [-0.4, -0.2) is 38.3 Å². The molecule has 5 rings (SSSR count). The lowest BCUT2D eigenvalue weighted by atomic mass is 9.98. The highest BCUT2D eigenvalue weighted by atomic mass is 16.5. The molecule has 8 nitrogen and oxygen atoms in total. The molecule has 0 unspecified atom stereocenters. The van der Waals surface area contributed by atoms with E-state index in [0.717, 1.165) is 27.9 Å². The van der Waals surface area contributed by atoms with Crippen molar-refractivity contribution in [3.8, 4) is 17.1 Å². The van der Waals surface area contributed by atoms with E-state index in [1.54, 1.807) is 18.3 Å². The maximum absolute atomic E-state index is 12.3. The Balaban J connectivity index is 1.69. The van der Waals surface area contributed by atoms with Gasteiger partial charge in [-0.3, -0.25) is 14.7 Å². The first kappa shape index (κ1) is 22.2. The minimum atomic E-state index is -0.196. The molecule has 0 saturated heterocycles. The molecule has 0 spiro atoms. The van der Waals surface area contributed by atoms with E-state index in [1.165, 1.54) is 13.8 Å². The minimum absolute atomic E-state index is 0.196. The van der Waals surface area contributed by atoms with Gasteiger partial charge in [-0.2, -0.15) is 5.10 Å². The Hall–Kier alpha value is -4.59. The summed E-state index contributed by atoms with van der Waals surface area (Å²) < 4.78 is 5.55. The number of hydrogen-bond donors (Lipinski definition) is 2. The first-order valence-electron chi connectivity index (χ1n) is 11.2. The highest BCUT2D eigenvalue weighted by molar-refractivity contribution is 6.11. The number of nitrogens with zero attached hydrogens (tertiary/aromatic N) is 3. The average molecular weight is 466 g/mol. The summed E-state index contributed by atoms with van der Waals surface area (Å²) in [5.41, 5.74) is 3.76. The molecule has 0 bridgehead atoms. The molecular weight excluding hydrogens is 442 g/mol. The third-order valence-electron chi connectivity index (χ3n) is 5.72. The Morgan fingerprint density at radius 3 is 2.40 bits per heavy atom.